The van der Waals surface area contributed by atoms with E-state index in [9.17, 15) is 8.42 Å². The minimum Gasteiger partial charge on any atom is -0.240 e. The number of aliphatic imine (C=N–C) groups is 1. The smallest absolute Gasteiger partial charge is 0.240 e. The first kappa shape index (κ1) is 14.3. The molecule has 0 bridgehead atoms. The summed E-state index contributed by atoms with van der Waals surface area (Å²) in [7, 11) is -1.90. The van der Waals surface area contributed by atoms with Crippen molar-refractivity contribution < 1.29 is 8.42 Å². The Bertz CT molecular complexity index is 815. The third-order valence-corrected chi connectivity index (χ3v) is 6.33. The Morgan fingerprint density at radius 1 is 1.10 bits per heavy atom. The second-order valence-corrected chi connectivity index (χ2v) is 8.04. The summed E-state index contributed by atoms with van der Waals surface area (Å²) in [5, 5.41) is 0.692. The second-order valence-electron chi connectivity index (χ2n) is 4.76. The van der Waals surface area contributed by atoms with Gasteiger partial charge in [-0.15, -0.1) is 3.71 Å². The highest BCUT2D eigenvalue weighted by molar-refractivity contribution is 8.19. The van der Waals surface area contributed by atoms with Crippen molar-refractivity contribution >= 4 is 32.7 Å². The number of benzene rings is 2. The molecule has 21 heavy (non-hydrogen) atoms. The van der Waals surface area contributed by atoms with Gasteiger partial charge >= 0.3 is 0 Å². The van der Waals surface area contributed by atoms with Crippen LogP contribution in [0.25, 0.3) is 0 Å². The zero-order chi connectivity index (χ0) is 15.0. The third-order valence-electron chi connectivity index (χ3n) is 3.18. The third kappa shape index (κ3) is 2.62. The molecule has 1 aliphatic rings. The lowest BCUT2D eigenvalue weighted by Crippen LogP contribution is -2.29. The van der Waals surface area contributed by atoms with Crippen LogP contribution in [0.1, 0.15) is 11.1 Å². The standard InChI is InChI=1S/C15H14N2O2S2/c1-11-8-9-14-13(10-11)15(20-17(2)21(14,18)19)16-12-6-4-3-5-7-12/h3-10H,1-2H3. The molecule has 108 valence electrons. The topological polar surface area (TPSA) is 49.7 Å². The predicted molar refractivity (Wildman–Crippen MR) is 86.4 cm³/mol. The molecule has 1 aliphatic heterocycles. The highest BCUT2D eigenvalue weighted by Crippen LogP contribution is 2.36. The van der Waals surface area contributed by atoms with Crippen LogP contribution in [-0.2, 0) is 10.0 Å². The summed E-state index contributed by atoms with van der Waals surface area (Å²) >= 11 is 1.13. The molecule has 0 unspecified atom stereocenters. The Kier molecular flexibility index (Phi) is 3.61. The van der Waals surface area contributed by atoms with Gasteiger partial charge in [0, 0.05) is 12.6 Å². The summed E-state index contributed by atoms with van der Waals surface area (Å²) in [6, 6.07) is 14.9. The molecule has 0 spiro atoms. The molecule has 2 aromatic rings. The van der Waals surface area contributed by atoms with Gasteiger partial charge in [0.15, 0.2) is 0 Å². The van der Waals surface area contributed by atoms with Crippen LogP contribution >= 0.6 is 11.9 Å². The van der Waals surface area contributed by atoms with Gasteiger partial charge in [0.2, 0.25) is 0 Å². The van der Waals surface area contributed by atoms with Gasteiger partial charge in [-0.1, -0.05) is 29.8 Å². The number of rotatable bonds is 1. The molecule has 0 radical (unpaired) electrons. The molecule has 6 heteroatoms. The van der Waals surface area contributed by atoms with Crippen molar-refractivity contribution in [1.29, 1.82) is 0 Å². The first-order chi connectivity index (χ1) is 9.98. The van der Waals surface area contributed by atoms with E-state index in [1.807, 2.05) is 43.3 Å². The van der Waals surface area contributed by atoms with Gasteiger partial charge < -0.3 is 0 Å². The Morgan fingerprint density at radius 3 is 2.52 bits per heavy atom. The average molecular weight is 318 g/mol. The number of para-hydroxylation sites is 1. The van der Waals surface area contributed by atoms with E-state index < -0.39 is 10.0 Å². The van der Waals surface area contributed by atoms with E-state index in [2.05, 4.69) is 4.99 Å². The number of hydrogen-bond acceptors (Lipinski definition) is 4. The number of nitrogens with zero attached hydrogens (tertiary/aromatic N) is 2. The van der Waals surface area contributed by atoms with Crippen molar-refractivity contribution in [2.75, 3.05) is 7.05 Å². The molecule has 0 saturated carbocycles. The van der Waals surface area contributed by atoms with Crippen molar-refractivity contribution in [3.05, 3.63) is 59.7 Å². The highest BCUT2D eigenvalue weighted by atomic mass is 32.3. The minimum atomic E-state index is -3.45. The molecule has 0 aromatic heterocycles. The lowest BCUT2D eigenvalue weighted by molar-refractivity contribution is 0.564. The van der Waals surface area contributed by atoms with Crippen molar-refractivity contribution in [1.82, 2.24) is 3.71 Å². The normalized spacial score (nSPS) is 19.4. The molecule has 4 nitrogen and oxygen atoms in total. The van der Waals surface area contributed by atoms with E-state index in [-0.39, 0.29) is 0 Å². The van der Waals surface area contributed by atoms with Crippen molar-refractivity contribution in [3.63, 3.8) is 0 Å². The zero-order valence-corrected chi connectivity index (χ0v) is 13.3. The maximum Gasteiger partial charge on any atom is 0.253 e. The lowest BCUT2D eigenvalue weighted by atomic mass is 10.1. The molecule has 0 atom stereocenters. The maximum absolute atomic E-state index is 12.4. The summed E-state index contributed by atoms with van der Waals surface area (Å²) in [5.41, 5.74) is 2.48. The van der Waals surface area contributed by atoms with E-state index in [4.69, 9.17) is 0 Å². The summed E-state index contributed by atoms with van der Waals surface area (Å²) < 4.78 is 26.0. The van der Waals surface area contributed by atoms with Gasteiger partial charge in [-0.2, -0.15) is 0 Å². The first-order valence-corrected chi connectivity index (χ1v) is 8.61. The van der Waals surface area contributed by atoms with E-state index in [1.165, 1.54) is 3.71 Å². The summed E-state index contributed by atoms with van der Waals surface area (Å²) in [5.74, 6) is 0. The second kappa shape index (κ2) is 5.29. The Morgan fingerprint density at radius 2 is 1.81 bits per heavy atom. The molecule has 0 N–H and O–H groups in total. The molecule has 3 rings (SSSR count). The fraction of sp³-hybridized carbons (Fsp3) is 0.133. The monoisotopic (exact) mass is 318 g/mol. The predicted octanol–water partition coefficient (Wildman–Crippen LogP) is 3.36. The van der Waals surface area contributed by atoms with Crippen molar-refractivity contribution in [2.24, 2.45) is 4.99 Å². The molecule has 1 heterocycles. The van der Waals surface area contributed by atoms with Crippen molar-refractivity contribution in [2.45, 2.75) is 11.8 Å². The Balaban J connectivity index is 2.21. The van der Waals surface area contributed by atoms with Crippen LogP contribution in [-0.4, -0.2) is 24.2 Å². The molecule has 2 aromatic carbocycles. The van der Waals surface area contributed by atoms with Gasteiger partial charge in [0.25, 0.3) is 10.0 Å². The Labute approximate surface area is 128 Å². The number of sulfonamides is 1. The van der Waals surface area contributed by atoms with E-state index in [0.717, 1.165) is 23.2 Å². The summed E-state index contributed by atoms with van der Waals surface area (Å²) in [4.78, 5) is 4.90. The highest BCUT2D eigenvalue weighted by Gasteiger charge is 2.33. The van der Waals surface area contributed by atoms with Gasteiger partial charge in [0.05, 0.1) is 10.6 Å². The van der Waals surface area contributed by atoms with E-state index in [0.29, 0.717) is 15.5 Å². The van der Waals surface area contributed by atoms with Crippen LogP contribution in [0.5, 0.6) is 0 Å². The number of hydrogen-bond donors (Lipinski definition) is 0. The molecule has 0 amide bonds. The molecule has 0 fully saturated rings. The van der Waals surface area contributed by atoms with Gasteiger partial charge in [0.1, 0.15) is 5.04 Å². The fourth-order valence-corrected chi connectivity index (χ4v) is 4.61. The molecular formula is C15H14N2O2S2. The van der Waals surface area contributed by atoms with Crippen LogP contribution in [0.2, 0.25) is 0 Å². The van der Waals surface area contributed by atoms with Crippen LogP contribution in [0.3, 0.4) is 0 Å². The minimum absolute atomic E-state index is 0.309. The molecular weight excluding hydrogens is 304 g/mol. The largest absolute Gasteiger partial charge is 0.253 e. The van der Waals surface area contributed by atoms with Crippen LogP contribution in [0.15, 0.2) is 58.4 Å². The first-order valence-electron chi connectivity index (χ1n) is 6.40. The molecule has 0 saturated heterocycles. The SMILES string of the molecule is Cc1ccc2c(c1)C(=Nc1ccccc1)SN(C)S2(=O)=O. The molecule has 0 aliphatic carbocycles. The van der Waals surface area contributed by atoms with Crippen molar-refractivity contribution in [3.8, 4) is 0 Å². The van der Waals surface area contributed by atoms with Crippen LogP contribution in [0.4, 0.5) is 5.69 Å². The Hall–Kier alpha value is -1.63. The fourth-order valence-electron chi connectivity index (χ4n) is 2.09. The van der Waals surface area contributed by atoms with Crippen LogP contribution in [0, 0.1) is 6.92 Å². The summed E-state index contributed by atoms with van der Waals surface area (Å²) in [6.07, 6.45) is 0. The number of aryl methyl sites for hydroxylation is 1. The van der Waals surface area contributed by atoms with E-state index in [1.54, 1.807) is 19.2 Å². The van der Waals surface area contributed by atoms with E-state index >= 15 is 0 Å². The van der Waals surface area contributed by atoms with Gasteiger partial charge in [-0.25, -0.2) is 13.4 Å². The number of fused-ring (bicyclic) bond motifs is 1. The maximum atomic E-state index is 12.4. The lowest BCUT2D eigenvalue weighted by Gasteiger charge is -2.25. The summed E-state index contributed by atoms with van der Waals surface area (Å²) in [6.45, 7) is 1.94. The quantitative estimate of drug-likeness (QED) is 0.758. The van der Waals surface area contributed by atoms with Crippen LogP contribution < -0.4 is 0 Å². The van der Waals surface area contributed by atoms with Gasteiger partial charge in [-0.05, 0) is 43.1 Å². The van der Waals surface area contributed by atoms with Gasteiger partial charge in [-0.3, -0.25) is 0 Å². The zero-order valence-electron chi connectivity index (χ0n) is 11.6. The average Bonchev–Trinajstić information content (AvgIpc) is 2.46.